The molecule has 0 atom stereocenters. The topological polar surface area (TPSA) is 38.3 Å². The van der Waals surface area contributed by atoms with Gasteiger partial charge in [-0.05, 0) is 44.1 Å². The molecule has 1 heterocycles. The third-order valence-corrected chi connectivity index (χ3v) is 3.20. The van der Waals surface area contributed by atoms with Crippen LogP contribution in [0.4, 0.5) is 8.78 Å². The van der Waals surface area contributed by atoms with Crippen LogP contribution in [0.25, 0.3) is 0 Å². The largest absolute Gasteiger partial charge is 0.378 e. The Hall–Kier alpha value is -1.33. The summed E-state index contributed by atoms with van der Waals surface area (Å²) in [6, 6.07) is 2.90. The van der Waals surface area contributed by atoms with E-state index in [4.69, 9.17) is 4.74 Å². The Kier molecular flexibility index (Phi) is 4.99. The lowest BCUT2D eigenvalue weighted by Crippen LogP contribution is -2.32. The molecule has 3 nitrogen and oxygen atoms in total. The van der Waals surface area contributed by atoms with Gasteiger partial charge < -0.3 is 10.1 Å². The predicted molar refractivity (Wildman–Crippen MR) is 67.1 cm³/mol. The van der Waals surface area contributed by atoms with E-state index in [1.165, 1.54) is 0 Å². The first-order chi connectivity index (χ1) is 9.16. The average molecular weight is 269 g/mol. The monoisotopic (exact) mass is 269 g/mol. The van der Waals surface area contributed by atoms with Gasteiger partial charge in [-0.1, -0.05) is 0 Å². The molecular weight excluding hydrogens is 252 g/mol. The first-order valence-electron chi connectivity index (χ1n) is 6.47. The maximum absolute atomic E-state index is 13.4. The summed E-state index contributed by atoms with van der Waals surface area (Å²) in [7, 11) is 0. The van der Waals surface area contributed by atoms with Crippen LogP contribution < -0.4 is 5.32 Å². The Morgan fingerprint density at radius 2 is 2.05 bits per heavy atom. The second-order valence-electron chi connectivity index (χ2n) is 4.62. The Bertz CT molecular complexity index is 445. The summed E-state index contributed by atoms with van der Waals surface area (Å²) in [5.41, 5.74) is -0.200. The second-order valence-corrected chi connectivity index (χ2v) is 4.62. The normalized spacial score (nSPS) is 16.5. The van der Waals surface area contributed by atoms with E-state index in [9.17, 15) is 13.6 Å². The maximum atomic E-state index is 13.4. The lowest BCUT2D eigenvalue weighted by Gasteiger charge is -2.22. The minimum atomic E-state index is -0.687. The van der Waals surface area contributed by atoms with Crippen LogP contribution in [0.5, 0.6) is 0 Å². The fourth-order valence-electron chi connectivity index (χ4n) is 2.13. The van der Waals surface area contributed by atoms with Gasteiger partial charge in [0.1, 0.15) is 11.6 Å². The molecule has 0 aromatic heterocycles. The highest BCUT2D eigenvalue weighted by Crippen LogP contribution is 2.13. The van der Waals surface area contributed by atoms with Crippen molar-refractivity contribution in [2.75, 3.05) is 19.7 Å². The molecule has 1 fully saturated rings. The van der Waals surface area contributed by atoms with Crippen molar-refractivity contribution in [3.63, 3.8) is 0 Å². The zero-order valence-electron chi connectivity index (χ0n) is 10.6. The summed E-state index contributed by atoms with van der Waals surface area (Å²) >= 11 is 0. The summed E-state index contributed by atoms with van der Waals surface area (Å²) in [5.74, 6) is -1.72. The number of Topliss-reactive ketones (excluding diaryl/α,β-unsaturated/α-hetero) is 1. The summed E-state index contributed by atoms with van der Waals surface area (Å²) in [5, 5.41) is 3.22. The molecule has 0 unspecified atom stereocenters. The van der Waals surface area contributed by atoms with Crippen molar-refractivity contribution in [2.45, 2.75) is 25.4 Å². The third kappa shape index (κ3) is 4.08. The molecule has 0 saturated carbocycles. The number of hydrogen-bond acceptors (Lipinski definition) is 3. The second kappa shape index (κ2) is 6.73. The van der Waals surface area contributed by atoms with Crippen molar-refractivity contribution in [1.29, 1.82) is 0 Å². The number of carbonyl (C=O) groups excluding carboxylic acids is 1. The van der Waals surface area contributed by atoms with E-state index in [1.54, 1.807) is 0 Å². The van der Waals surface area contributed by atoms with E-state index >= 15 is 0 Å². The van der Waals surface area contributed by atoms with Gasteiger partial charge >= 0.3 is 0 Å². The molecule has 0 radical (unpaired) electrons. The van der Waals surface area contributed by atoms with Gasteiger partial charge in [-0.15, -0.1) is 0 Å². The molecule has 0 bridgehead atoms. The highest BCUT2D eigenvalue weighted by molar-refractivity contribution is 5.96. The molecule has 1 N–H and O–H groups in total. The molecule has 1 saturated heterocycles. The summed E-state index contributed by atoms with van der Waals surface area (Å²) in [6.07, 6.45) is 2.07. The molecular formula is C14H17F2NO2. The molecule has 0 aliphatic carbocycles. The SMILES string of the molecule is O=C(CCOC1CCNCC1)c1cc(F)ccc1F. The van der Waals surface area contributed by atoms with Gasteiger partial charge in [-0.25, -0.2) is 8.78 Å². The van der Waals surface area contributed by atoms with Crippen LogP contribution in [0.15, 0.2) is 18.2 Å². The molecule has 19 heavy (non-hydrogen) atoms. The van der Waals surface area contributed by atoms with Crippen LogP contribution in [-0.4, -0.2) is 31.6 Å². The van der Waals surface area contributed by atoms with Gasteiger partial charge in [0.2, 0.25) is 0 Å². The van der Waals surface area contributed by atoms with Crippen molar-refractivity contribution in [3.05, 3.63) is 35.4 Å². The lowest BCUT2D eigenvalue weighted by molar-refractivity contribution is 0.0313. The molecule has 104 valence electrons. The van der Waals surface area contributed by atoms with Gasteiger partial charge in [-0.2, -0.15) is 0 Å². The number of rotatable bonds is 5. The number of hydrogen-bond donors (Lipinski definition) is 1. The Morgan fingerprint density at radius 3 is 2.79 bits per heavy atom. The van der Waals surface area contributed by atoms with E-state index in [0.717, 1.165) is 44.1 Å². The van der Waals surface area contributed by atoms with E-state index in [0.29, 0.717) is 0 Å². The number of ether oxygens (including phenoxy) is 1. The van der Waals surface area contributed by atoms with Gasteiger partial charge in [0.15, 0.2) is 5.78 Å². The van der Waals surface area contributed by atoms with Crippen LogP contribution in [-0.2, 0) is 4.74 Å². The maximum Gasteiger partial charge on any atom is 0.168 e. The number of ketones is 1. The first-order valence-corrected chi connectivity index (χ1v) is 6.47. The van der Waals surface area contributed by atoms with E-state index in [-0.39, 0.29) is 24.7 Å². The standard InChI is InChI=1S/C14H17F2NO2/c15-10-1-2-13(16)12(9-10)14(18)5-8-19-11-3-6-17-7-4-11/h1-2,9,11,17H,3-8H2. The molecule has 2 rings (SSSR count). The van der Waals surface area contributed by atoms with Crippen LogP contribution >= 0.6 is 0 Å². The van der Waals surface area contributed by atoms with E-state index < -0.39 is 17.4 Å². The van der Waals surface area contributed by atoms with Gasteiger partial charge in [-0.3, -0.25) is 4.79 Å². The fourth-order valence-corrected chi connectivity index (χ4v) is 2.13. The zero-order chi connectivity index (χ0) is 13.7. The van der Waals surface area contributed by atoms with Crippen molar-refractivity contribution in [3.8, 4) is 0 Å². The van der Waals surface area contributed by atoms with Gasteiger partial charge in [0, 0.05) is 6.42 Å². The molecule has 5 heteroatoms. The van der Waals surface area contributed by atoms with E-state index in [2.05, 4.69) is 5.32 Å². The molecule has 0 spiro atoms. The minimum absolute atomic E-state index is 0.0737. The molecule has 1 aliphatic rings. The Morgan fingerprint density at radius 1 is 1.32 bits per heavy atom. The van der Waals surface area contributed by atoms with Crippen LogP contribution in [0.1, 0.15) is 29.6 Å². The highest BCUT2D eigenvalue weighted by atomic mass is 19.1. The van der Waals surface area contributed by atoms with Gasteiger partial charge in [0.25, 0.3) is 0 Å². The Balaban J connectivity index is 1.82. The lowest BCUT2D eigenvalue weighted by atomic mass is 10.1. The third-order valence-electron chi connectivity index (χ3n) is 3.20. The van der Waals surface area contributed by atoms with E-state index in [1.807, 2.05) is 0 Å². The quantitative estimate of drug-likeness (QED) is 0.834. The van der Waals surface area contributed by atoms with Crippen LogP contribution in [0, 0.1) is 11.6 Å². The number of nitrogens with one attached hydrogen (secondary N) is 1. The van der Waals surface area contributed by atoms with Crippen molar-refractivity contribution < 1.29 is 18.3 Å². The Labute approximate surface area is 111 Å². The highest BCUT2D eigenvalue weighted by Gasteiger charge is 2.16. The van der Waals surface area contributed by atoms with Crippen molar-refractivity contribution >= 4 is 5.78 Å². The number of piperidine rings is 1. The molecule has 0 amide bonds. The minimum Gasteiger partial charge on any atom is -0.378 e. The molecule has 1 aliphatic heterocycles. The first kappa shape index (κ1) is 14.1. The average Bonchev–Trinajstić information content (AvgIpc) is 2.42. The summed E-state index contributed by atoms with van der Waals surface area (Å²) in [6.45, 7) is 2.08. The van der Waals surface area contributed by atoms with Crippen LogP contribution in [0.2, 0.25) is 0 Å². The van der Waals surface area contributed by atoms with Crippen molar-refractivity contribution in [2.24, 2.45) is 0 Å². The summed E-state index contributed by atoms with van der Waals surface area (Å²) < 4.78 is 31.9. The van der Waals surface area contributed by atoms with Gasteiger partial charge in [0.05, 0.1) is 18.3 Å². The predicted octanol–water partition coefficient (Wildman–Crippen LogP) is 2.31. The number of halogens is 2. The summed E-state index contributed by atoms with van der Waals surface area (Å²) in [4.78, 5) is 11.8. The zero-order valence-corrected chi connectivity index (χ0v) is 10.6. The van der Waals surface area contributed by atoms with Crippen molar-refractivity contribution in [1.82, 2.24) is 5.32 Å². The number of carbonyl (C=O) groups is 1. The molecule has 1 aromatic carbocycles. The smallest absolute Gasteiger partial charge is 0.168 e. The molecule has 1 aromatic rings. The number of benzene rings is 1. The fraction of sp³-hybridized carbons (Fsp3) is 0.500. The van der Waals surface area contributed by atoms with Crippen LogP contribution in [0.3, 0.4) is 0 Å².